The molecule has 0 fully saturated rings. The van der Waals surface area contributed by atoms with Crippen LogP contribution in [0, 0.1) is 0 Å². The van der Waals surface area contributed by atoms with Crippen LogP contribution in [0.25, 0.3) is 64.6 Å². The SMILES string of the molecule is O=c1[nH]c(=O)c2c1c(Cl)c1c3c(Cl)ccc4ccc(Cl)c(c5c(Cl)c6c(=O)[nH]c(=O)c6c2c15)c43. The molecule has 7 aromatic rings. The lowest BCUT2D eigenvalue weighted by molar-refractivity contribution is 1.26. The second-order valence-electron chi connectivity index (χ2n) is 8.14. The molecule has 164 valence electrons. The van der Waals surface area contributed by atoms with Crippen LogP contribution in [-0.4, -0.2) is 9.97 Å². The van der Waals surface area contributed by atoms with Crippen molar-refractivity contribution in [3.63, 3.8) is 0 Å². The highest BCUT2D eigenvalue weighted by Crippen LogP contribution is 2.52. The number of fused-ring (bicyclic) bond motifs is 6. The maximum absolute atomic E-state index is 12.9. The minimum absolute atomic E-state index is 0.00660. The smallest absolute Gasteiger partial charge is 0.260 e. The van der Waals surface area contributed by atoms with Gasteiger partial charge in [-0.1, -0.05) is 58.5 Å². The third-order valence-electron chi connectivity index (χ3n) is 6.58. The van der Waals surface area contributed by atoms with Crippen LogP contribution in [-0.2, 0) is 0 Å². The first kappa shape index (κ1) is 20.2. The Kier molecular flexibility index (Phi) is 3.74. The van der Waals surface area contributed by atoms with E-state index in [-0.39, 0.29) is 37.0 Å². The van der Waals surface area contributed by atoms with E-state index in [1.54, 1.807) is 24.3 Å². The normalized spacial score (nSPS) is 12.6. The molecule has 0 saturated heterocycles. The van der Waals surface area contributed by atoms with Gasteiger partial charge in [-0.25, -0.2) is 0 Å². The van der Waals surface area contributed by atoms with Crippen LogP contribution in [0.2, 0.25) is 20.1 Å². The molecule has 0 spiro atoms. The molecule has 34 heavy (non-hydrogen) atoms. The molecule has 0 aliphatic heterocycles. The number of aromatic amines is 2. The molecule has 2 N–H and O–H groups in total. The van der Waals surface area contributed by atoms with Crippen molar-refractivity contribution in [1.29, 1.82) is 0 Å². The maximum atomic E-state index is 12.9. The van der Waals surface area contributed by atoms with E-state index in [9.17, 15) is 19.2 Å². The van der Waals surface area contributed by atoms with E-state index in [1.807, 2.05) is 0 Å². The third-order valence-corrected chi connectivity index (χ3v) is 7.96. The Hall–Kier alpha value is -3.16. The predicted molar refractivity (Wildman–Crippen MR) is 139 cm³/mol. The second-order valence-corrected chi connectivity index (χ2v) is 9.71. The van der Waals surface area contributed by atoms with Gasteiger partial charge in [0.15, 0.2) is 0 Å². The van der Waals surface area contributed by atoms with Crippen molar-refractivity contribution < 1.29 is 0 Å². The number of rotatable bonds is 0. The van der Waals surface area contributed by atoms with Gasteiger partial charge in [-0.3, -0.25) is 29.1 Å². The quantitative estimate of drug-likeness (QED) is 0.197. The fraction of sp³-hybridized carbons (Fsp3) is 0. The fourth-order valence-corrected chi connectivity index (χ4v) is 6.59. The average molecular weight is 528 g/mol. The molecule has 0 aliphatic rings. The van der Waals surface area contributed by atoms with Gasteiger partial charge in [-0.05, 0) is 17.5 Å². The molecule has 0 saturated carbocycles. The molecule has 2 heterocycles. The minimum atomic E-state index is -0.731. The van der Waals surface area contributed by atoms with Crippen LogP contribution in [0.4, 0.5) is 0 Å². The molecule has 0 unspecified atom stereocenters. The van der Waals surface area contributed by atoms with Gasteiger partial charge < -0.3 is 0 Å². The minimum Gasteiger partial charge on any atom is -0.288 e. The molecule has 7 rings (SSSR count). The van der Waals surface area contributed by atoms with Crippen LogP contribution in [0.3, 0.4) is 0 Å². The first-order valence-electron chi connectivity index (χ1n) is 9.89. The highest BCUT2D eigenvalue weighted by Gasteiger charge is 2.29. The van der Waals surface area contributed by atoms with Crippen molar-refractivity contribution in [2.45, 2.75) is 0 Å². The molecule has 0 radical (unpaired) electrons. The Bertz CT molecular complexity index is 2150. The predicted octanol–water partition coefficient (Wildman–Crippen LogP) is 5.63. The number of H-pyrrole nitrogens is 2. The molecule has 6 nitrogen and oxygen atoms in total. The fourth-order valence-electron chi connectivity index (χ4n) is 5.35. The standard InChI is InChI=1S/C24H6Cl4N2O4/c25-6-3-1-5-2-4-7(26)10-8(5)9(6)13-11-12(15-17(19(13)27)23(33)29-21(15)31)16-18(20(28)14(10)11)24(34)30-22(16)32/h1-4H,(H,29,31,33)(H,30,32,34). The topological polar surface area (TPSA) is 99.9 Å². The van der Waals surface area contributed by atoms with Crippen LogP contribution in [0.5, 0.6) is 0 Å². The van der Waals surface area contributed by atoms with Crippen molar-refractivity contribution in [2.24, 2.45) is 0 Å². The third kappa shape index (κ3) is 2.11. The highest BCUT2D eigenvalue weighted by atomic mass is 35.5. The van der Waals surface area contributed by atoms with Gasteiger partial charge in [0.1, 0.15) is 0 Å². The zero-order valence-corrected chi connectivity index (χ0v) is 19.5. The Morgan fingerprint density at radius 2 is 0.794 bits per heavy atom. The van der Waals surface area contributed by atoms with E-state index in [1.165, 1.54) is 0 Å². The lowest BCUT2D eigenvalue weighted by Gasteiger charge is -2.19. The van der Waals surface area contributed by atoms with Crippen molar-refractivity contribution in [3.8, 4) is 0 Å². The lowest BCUT2D eigenvalue weighted by Crippen LogP contribution is -2.06. The van der Waals surface area contributed by atoms with Crippen molar-refractivity contribution in [2.75, 3.05) is 0 Å². The molecular formula is C24H6Cl4N2O4. The first-order chi connectivity index (χ1) is 16.2. The molecule has 0 atom stereocenters. The maximum Gasteiger partial charge on any atom is 0.260 e. The number of hydrogen-bond acceptors (Lipinski definition) is 4. The lowest BCUT2D eigenvalue weighted by atomic mass is 9.86. The molecule has 0 bridgehead atoms. The van der Waals surface area contributed by atoms with Gasteiger partial charge >= 0.3 is 0 Å². The number of aromatic nitrogens is 2. The van der Waals surface area contributed by atoms with Gasteiger partial charge in [0.25, 0.3) is 22.2 Å². The van der Waals surface area contributed by atoms with Crippen molar-refractivity contribution >= 4 is 111 Å². The number of benzene rings is 5. The van der Waals surface area contributed by atoms with E-state index in [0.717, 1.165) is 5.39 Å². The molecule has 0 amide bonds. The van der Waals surface area contributed by atoms with Crippen LogP contribution in [0.15, 0.2) is 43.4 Å². The van der Waals surface area contributed by atoms with Crippen molar-refractivity contribution in [1.82, 2.24) is 9.97 Å². The van der Waals surface area contributed by atoms with Gasteiger partial charge in [0, 0.05) is 47.7 Å². The Labute approximate surface area is 206 Å². The van der Waals surface area contributed by atoms with Gasteiger partial charge in [0.2, 0.25) is 0 Å². The zero-order chi connectivity index (χ0) is 23.8. The Morgan fingerprint density at radius 1 is 0.412 bits per heavy atom. The summed E-state index contributed by atoms with van der Waals surface area (Å²) in [6.45, 7) is 0. The molecular weight excluding hydrogens is 522 g/mol. The van der Waals surface area contributed by atoms with E-state index in [4.69, 9.17) is 46.4 Å². The van der Waals surface area contributed by atoms with Gasteiger partial charge in [-0.15, -0.1) is 0 Å². The highest BCUT2D eigenvalue weighted by molar-refractivity contribution is 6.57. The summed E-state index contributed by atoms with van der Waals surface area (Å²) in [7, 11) is 0. The Morgan fingerprint density at radius 3 is 1.24 bits per heavy atom. The average Bonchev–Trinajstić information content (AvgIpc) is 3.26. The number of nitrogens with one attached hydrogen (secondary N) is 2. The van der Waals surface area contributed by atoms with Crippen LogP contribution in [0.1, 0.15) is 0 Å². The molecule has 2 aromatic heterocycles. The second kappa shape index (κ2) is 6.29. The van der Waals surface area contributed by atoms with E-state index < -0.39 is 22.2 Å². The number of halogens is 4. The summed E-state index contributed by atoms with van der Waals surface area (Å²) in [6, 6.07) is 6.98. The summed E-state index contributed by atoms with van der Waals surface area (Å²) < 4.78 is 0. The zero-order valence-electron chi connectivity index (χ0n) is 16.5. The van der Waals surface area contributed by atoms with Gasteiger partial charge in [-0.2, -0.15) is 0 Å². The molecule has 10 heteroatoms. The van der Waals surface area contributed by atoms with E-state index >= 15 is 0 Å². The largest absolute Gasteiger partial charge is 0.288 e. The molecule has 0 aliphatic carbocycles. The summed E-state index contributed by atoms with van der Waals surface area (Å²) in [4.78, 5) is 55.9. The van der Waals surface area contributed by atoms with E-state index in [0.29, 0.717) is 42.4 Å². The summed E-state index contributed by atoms with van der Waals surface area (Å²) in [5.41, 5.74) is -2.88. The number of hydrogen-bond donors (Lipinski definition) is 2. The van der Waals surface area contributed by atoms with Gasteiger partial charge in [0.05, 0.1) is 31.6 Å². The summed E-state index contributed by atoms with van der Waals surface area (Å²) in [5, 5.41) is 3.80. The monoisotopic (exact) mass is 526 g/mol. The first-order valence-corrected chi connectivity index (χ1v) is 11.4. The molecule has 5 aromatic carbocycles. The van der Waals surface area contributed by atoms with Crippen molar-refractivity contribution in [3.05, 3.63) is 85.8 Å². The summed E-state index contributed by atoms with van der Waals surface area (Å²) >= 11 is 27.0. The van der Waals surface area contributed by atoms with E-state index in [2.05, 4.69) is 9.97 Å². The van der Waals surface area contributed by atoms with Crippen LogP contribution >= 0.6 is 46.4 Å². The Balaban J connectivity index is 2.14. The summed E-state index contributed by atoms with van der Waals surface area (Å²) in [6.07, 6.45) is 0. The van der Waals surface area contributed by atoms with Crippen LogP contribution < -0.4 is 22.2 Å². The summed E-state index contributed by atoms with van der Waals surface area (Å²) in [5.74, 6) is 0.